The molecule has 112 valence electrons. The van der Waals surface area contributed by atoms with Crippen LogP contribution in [0.15, 0.2) is 18.2 Å². The van der Waals surface area contributed by atoms with Gasteiger partial charge in [-0.05, 0) is 43.9 Å². The van der Waals surface area contributed by atoms with Gasteiger partial charge in [0.1, 0.15) is 5.82 Å². The van der Waals surface area contributed by atoms with Crippen molar-refractivity contribution in [1.82, 2.24) is 9.55 Å². The molecule has 2 atom stereocenters. The Bertz CT molecular complexity index is 689. The zero-order valence-electron chi connectivity index (χ0n) is 12.5. The molecule has 0 aliphatic heterocycles. The Kier molecular flexibility index (Phi) is 3.05. The van der Waals surface area contributed by atoms with Gasteiger partial charge in [-0.2, -0.15) is 0 Å². The van der Waals surface area contributed by atoms with Gasteiger partial charge in [0, 0.05) is 22.5 Å². The SMILES string of the molecule is CC1(c2nc3ccc(Cl)cc3n2C2CC2)CCCCC1N. The summed E-state index contributed by atoms with van der Waals surface area (Å²) in [5, 5.41) is 0.786. The van der Waals surface area contributed by atoms with Crippen molar-refractivity contribution < 1.29 is 0 Å². The molecule has 2 unspecified atom stereocenters. The average Bonchev–Trinajstić information content (AvgIpc) is 3.23. The number of aromatic nitrogens is 2. The van der Waals surface area contributed by atoms with Crippen LogP contribution in [-0.2, 0) is 5.41 Å². The number of benzene rings is 1. The minimum absolute atomic E-state index is 0.00760. The minimum atomic E-state index is -0.00760. The molecule has 1 heterocycles. The van der Waals surface area contributed by atoms with E-state index in [1.807, 2.05) is 12.1 Å². The Balaban J connectivity index is 1.93. The van der Waals surface area contributed by atoms with Gasteiger partial charge in [-0.1, -0.05) is 31.4 Å². The third-order valence-corrected chi connectivity index (χ3v) is 5.59. The van der Waals surface area contributed by atoms with Gasteiger partial charge in [0.15, 0.2) is 0 Å². The third kappa shape index (κ3) is 2.09. The van der Waals surface area contributed by atoms with Crippen molar-refractivity contribution in [3.8, 4) is 0 Å². The molecule has 2 aliphatic rings. The molecule has 0 radical (unpaired) electrons. The summed E-state index contributed by atoms with van der Waals surface area (Å²) in [7, 11) is 0. The Labute approximate surface area is 130 Å². The van der Waals surface area contributed by atoms with Gasteiger partial charge in [0.2, 0.25) is 0 Å². The number of rotatable bonds is 2. The lowest BCUT2D eigenvalue weighted by Crippen LogP contribution is -2.47. The maximum Gasteiger partial charge on any atom is 0.117 e. The molecule has 4 rings (SSSR count). The lowest BCUT2D eigenvalue weighted by atomic mass is 9.71. The predicted octanol–water partition coefficient (Wildman–Crippen LogP) is 4.18. The molecule has 0 spiro atoms. The molecule has 2 saturated carbocycles. The lowest BCUT2D eigenvalue weighted by molar-refractivity contribution is 0.252. The summed E-state index contributed by atoms with van der Waals surface area (Å²) in [6.45, 7) is 2.30. The van der Waals surface area contributed by atoms with E-state index in [1.165, 1.54) is 37.0 Å². The molecule has 1 aromatic carbocycles. The van der Waals surface area contributed by atoms with Crippen molar-refractivity contribution in [1.29, 1.82) is 0 Å². The molecule has 4 heteroatoms. The first kappa shape index (κ1) is 13.6. The van der Waals surface area contributed by atoms with E-state index in [1.54, 1.807) is 0 Å². The van der Waals surface area contributed by atoms with Gasteiger partial charge in [-0.15, -0.1) is 0 Å². The number of halogens is 1. The fourth-order valence-electron chi connectivity index (χ4n) is 3.81. The van der Waals surface area contributed by atoms with Crippen LogP contribution in [0.2, 0.25) is 5.02 Å². The van der Waals surface area contributed by atoms with Crippen molar-refractivity contribution in [2.75, 3.05) is 0 Å². The van der Waals surface area contributed by atoms with Crippen molar-refractivity contribution >= 4 is 22.6 Å². The second-order valence-electron chi connectivity index (χ2n) is 6.94. The number of hydrogen-bond donors (Lipinski definition) is 1. The van der Waals surface area contributed by atoms with E-state index in [-0.39, 0.29) is 11.5 Å². The highest BCUT2D eigenvalue weighted by Crippen LogP contribution is 2.45. The second-order valence-corrected chi connectivity index (χ2v) is 7.38. The zero-order valence-corrected chi connectivity index (χ0v) is 13.2. The number of imidazole rings is 1. The quantitative estimate of drug-likeness (QED) is 0.904. The van der Waals surface area contributed by atoms with Crippen LogP contribution in [0, 0.1) is 0 Å². The predicted molar refractivity (Wildman–Crippen MR) is 86.8 cm³/mol. The molecule has 2 aromatic rings. The summed E-state index contributed by atoms with van der Waals surface area (Å²) in [6, 6.07) is 6.83. The van der Waals surface area contributed by atoms with Gasteiger partial charge in [-0.25, -0.2) is 4.98 Å². The van der Waals surface area contributed by atoms with Crippen molar-refractivity contribution in [3.05, 3.63) is 29.0 Å². The van der Waals surface area contributed by atoms with Crippen LogP contribution in [0.25, 0.3) is 11.0 Å². The Morgan fingerprint density at radius 2 is 2.10 bits per heavy atom. The smallest absolute Gasteiger partial charge is 0.117 e. The number of nitrogens with two attached hydrogens (primary N) is 1. The summed E-state index contributed by atoms with van der Waals surface area (Å²) < 4.78 is 2.44. The largest absolute Gasteiger partial charge is 0.327 e. The first-order valence-electron chi connectivity index (χ1n) is 8.03. The molecule has 1 aromatic heterocycles. The van der Waals surface area contributed by atoms with E-state index in [0.29, 0.717) is 6.04 Å². The summed E-state index contributed by atoms with van der Waals surface area (Å²) >= 11 is 6.21. The normalized spacial score (nSPS) is 30.0. The van der Waals surface area contributed by atoms with E-state index in [4.69, 9.17) is 22.3 Å². The molecule has 0 amide bonds. The van der Waals surface area contributed by atoms with Crippen LogP contribution in [0.3, 0.4) is 0 Å². The lowest BCUT2D eigenvalue weighted by Gasteiger charge is -2.39. The van der Waals surface area contributed by atoms with E-state index >= 15 is 0 Å². The fourth-order valence-corrected chi connectivity index (χ4v) is 3.98. The average molecular weight is 304 g/mol. The molecule has 0 bridgehead atoms. The first-order chi connectivity index (χ1) is 10.1. The van der Waals surface area contributed by atoms with Crippen LogP contribution in [0.5, 0.6) is 0 Å². The molecule has 2 N–H and O–H groups in total. The molecule has 3 nitrogen and oxygen atoms in total. The molecule has 0 saturated heterocycles. The molecule has 2 aliphatic carbocycles. The van der Waals surface area contributed by atoms with Crippen LogP contribution in [0.4, 0.5) is 0 Å². The Morgan fingerprint density at radius 1 is 1.29 bits per heavy atom. The maximum absolute atomic E-state index is 6.51. The molecular formula is C17H22ClN3. The van der Waals surface area contributed by atoms with E-state index in [2.05, 4.69) is 17.6 Å². The summed E-state index contributed by atoms with van der Waals surface area (Å²) in [6.07, 6.45) is 7.22. The van der Waals surface area contributed by atoms with Gasteiger partial charge in [0.25, 0.3) is 0 Å². The van der Waals surface area contributed by atoms with E-state index in [9.17, 15) is 0 Å². The van der Waals surface area contributed by atoms with Gasteiger partial charge >= 0.3 is 0 Å². The van der Waals surface area contributed by atoms with Crippen LogP contribution in [-0.4, -0.2) is 15.6 Å². The second kappa shape index (κ2) is 4.72. The van der Waals surface area contributed by atoms with Gasteiger partial charge in [0.05, 0.1) is 11.0 Å². The van der Waals surface area contributed by atoms with E-state index < -0.39 is 0 Å². The zero-order chi connectivity index (χ0) is 14.6. The fraction of sp³-hybridized carbons (Fsp3) is 0.588. The van der Waals surface area contributed by atoms with Gasteiger partial charge in [-0.3, -0.25) is 0 Å². The monoisotopic (exact) mass is 303 g/mol. The number of hydrogen-bond acceptors (Lipinski definition) is 2. The van der Waals surface area contributed by atoms with Crippen LogP contribution < -0.4 is 5.73 Å². The third-order valence-electron chi connectivity index (χ3n) is 5.35. The molecule has 21 heavy (non-hydrogen) atoms. The topological polar surface area (TPSA) is 43.8 Å². The van der Waals surface area contributed by atoms with Crippen molar-refractivity contribution in [3.63, 3.8) is 0 Å². The van der Waals surface area contributed by atoms with Crippen LogP contribution >= 0.6 is 11.6 Å². The summed E-state index contributed by atoms with van der Waals surface area (Å²) in [5.41, 5.74) is 8.73. The highest BCUT2D eigenvalue weighted by atomic mass is 35.5. The highest BCUT2D eigenvalue weighted by molar-refractivity contribution is 6.31. The number of fused-ring (bicyclic) bond motifs is 1. The first-order valence-corrected chi connectivity index (χ1v) is 8.41. The van der Waals surface area contributed by atoms with E-state index in [0.717, 1.165) is 23.4 Å². The highest BCUT2D eigenvalue weighted by Gasteiger charge is 2.42. The minimum Gasteiger partial charge on any atom is -0.327 e. The van der Waals surface area contributed by atoms with Crippen molar-refractivity contribution in [2.45, 2.75) is 62.9 Å². The number of nitrogens with zero attached hydrogens (tertiary/aromatic N) is 2. The Morgan fingerprint density at radius 3 is 2.81 bits per heavy atom. The molecule has 2 fully saturated rings. The molecular weight excluding hydrogens is 282 g/mol. The summed E-state index contributed by atoms with van der Waals surface area (Å²) in [4.78, 5) is 4.99. The van der Waals surface area contributed by atoms with Gasteiger partial charge < -0.3 is 10.3 Å². The summed E-state index contributed by atoms with van der Waals surface area (Å²) in [5.74, 6) is 1.19. The maximum atomic E-state index is 6.51. The van der Waals surface area contributed by atoms with Crippen molar-refractivity contribution in [2.24, 2.45) is 5.73 Å². The van der Waals surface area contributed by atoms with Crippen LogP contribution in [0.1, 0.15) is 57.3 Å². The standard InChI is InChI=1S/C17H22ClN3/c1-17(9-3-2-4-15(17)19)16-20-13-8-5-11(18)10-14(13)21(16)12-6-7-12/h5,8,10,12,15H,2-4,6-7,9,19H2,1H3. The Hall–Kier alpha value is -1.06.